The van der Waals surface area contributed by atoms with Crippen LogP contribution in [0.3, 0.4) is 0 Å². The Kier molecular flexibility index (Phi) is 4.67. The van der Waals surface area contributed by atoms with Crippen molar-refractivity contribution in [1.82, 2.24) is 0 Å². The maximum absolute atomic E-state index is 12.2. The summed E-state index contributed by atoms with van der Waals surface area (Å²) in [6, 6.07) is 13.0. The van der Waals surface area contributed by atoms with Crippen molar-refractivity contribution < 1.29 is 24.2 Å². The minimum Gasteiger partial charge on any atom is -0.485 e. The number of carboxylic acids is 1. The van der Waals surface area contributed by atoms with Crippen LogP contribution in [0.5, 0.6) is 11.5 Å². The molecule has 2 aromatic carbocycles. The van der Waals surface area contributed by atoms with Gasteiger partial charge in [0.15, 0.2) is 17.1 Å². The summed E-state index contributed by atoms with van der Waals surface area (Å²) in [5.41, 5.74) is 0.977. The van der Waals surface area contributed by atoms with Crippen LogP contribution in [0.2, 0.25) is 0 Å². The van der Waals surface area contributed by atoms with E-state index in [0.29, 0.717) is 29.4 Å². The number of amides is 1. The number of carbonyl (C=O) groups is 2. The Morgan fingerprint density at radius 1 is 1.27 bits per heavy atom. The first-order chi connectivity index (χ1) is 12.3. The van der Waals surface area contributed by atoms with Crippen molar-refractivity contribution >= 4 is 23.6 Å². The molecule has 0 unspecified atom stereocenters. The van der Waals surface area contributed by atoms with Gasteiger partial charge in [-0.15, -0.1) is 0 Å². The van der Waals surface area contributed by atoms with Crippen molar-refractivity contribution in [2.24, 2.45) is 0 Å². The van der Waals surface area contributed by atoms with Gasteiger partial charge in [0, 0.05) is 6.08 Å². The number of ether oxygens (including phenoxy) is 2. The standard InChI is InChI=1S/C20H19NO5/c1-20(2)19(24)21-15-10-14(8-9-17(22)23)11-16(18(15)26-20)25-12-13-6-4-3-5-7-13/h3-11H,12H2,1-2H3,(H,21,24)(H,22,23)/b9-8+. The number of carboxylic acid groups (broad SMARTS) is 1. The molecule has 1 aliphatic rings. The number of carbonyl (C=O) groups excluding carboxylic acids is 1. The molecule has 0 saturated carbocycles. The number of benzene rings is 2. The number of nitrogens with one attached hydrogen (secondary N) is 1. The normalized spacial score (nSPS) is 15.1. The third-order valence-corrected chi connectivity index (χ3v) is 3.88. The van der Waals surface area contributed by atoms with Crippen LogP contribution in [0.4, 0.5) is 5.69 Å². The Bertz CT molecular complexity index is 871. The topological polar surface area (TPSA) is 84.9 Å². The Morgan fingerprint density at radius 2 is 2.00 bits per heavy atom. The SMILES string of the molecule is CC1(C)Oc2c(cc(/C=C/C(=O)O)cc2OCc2ccccc2)NC1=O. The molecule has 0 fully saturated rings. The van der Waals surface area contributed by atoms with Crippen molar-refractivity contribution in [2.45, 2.75) is 26.1 Å². The monoisotopic (exact) mass is 353 g/mol. The molecule has 0 aromatic heterocycles. The highest BCUT2D eigenvalue weighted by atomic mass is 16.5. The van der Waals surface area contributed by atoms with Gasteiger partial charge < -0.3 is 19.9 Å². The second-order valence-corrected chi connectivity index (χ2v) is 6.41. The molecule has 1 amide bonds. The molecule has 0 saturated heterocycles. The highest BCUT2D eigenvalue weighted by Gasteiger charge is 2.37. The molecule has 0 atom stereocenters. The van der Waals surface area contributed by atoms with E-state index in [-0.39, 0.29) is 5.91 Å². The Morgan fingerprint density at radius 3 is 2.69 bits per heavy atom. The predicted molar refractivity (Wildman–Crippen MR) is 97.2 cm³/mol. The summed E-state index contributed by atoms with van der Waals surface area (Å²) in [7, 11) is 0. The largest absolute Gasteiger partial charge is 0.485 e. The van der Waals surface area contributed by atoms with Gasteiger partial charge in [-0.3, -0.25) is 4.79 Å². The van der Waals surface area contributed by atoms with Gasteiger partial charge in [0.1, 0.15) is 6.61 Å². The predicted octanol–water partition coefficient (Wildman–Crippen LogP) is 3.47. The van der Waals surface area contributed by atoms with E-state index >= 15 is 0 Å². The van der Waals surface area contributed by atoms with E-state index in [1.807, 2.05) is 30.3 Å². The van der Waals surface area contributed by atoms with Gasteiger partial charge in [-0.1, -0.05) is 30.3 Å². The molecular weight excluding hydrogens is 334 g/mol. The van der Waals surface area contributed by atoms with Crippen LogP contribution < -0.4 is 14.8 Å². The van der Waals surface area contributed by atoms with Crippen molar-refractivity contribution in [2.75, 3.05) is 5.32 Å². The summed E-state index contributed by atoms with van der Waals surface area (Å²) in [5, 5.41) is 11.6. The Balaban J connectivity index is 1.97. The summed E-state index contributed by atoms with van der Waals surface area (Å²) >= 11 is 0. The van der Waals surface area contributed by atoms with Gasteiger partial charge in [0.2, 0.25) is 0 Å². The van der Waals surface area contributed by atoms with E-state index in [1.54, 1.807) is 26.0 Å². The number of aliphatic carboxylic acids is 1. The Hall–Kier alpha value is -3.28. The number of rotatable bonds is 5. The number of hydrogen-bond donors (Lipinski definition) is 2. The van der Waals surface area contributed by atoms with Gasteiger partial charge in [0.25, 0.3) is 5.91 Å². The van der Waals surface area contributed by atoms with Crippen LogP contribution in [0.15, 0.2) is 48.5 Å². The molecule has 134 valence electrons. The lowest BCUT2D eigenvalue weighted by atomic mass is 10.0. The van der Waals surface area contributed by atoms with Crippen LogP contribution in [0.25, 0.3) is 6.08 Å². The summed E-state index contributed by atoms with van der Waals surface area (Å²) in [6.07, 6.45) is 2.46. The first kappa shape index (κ1) is 17.5. The maximum atomic E-state index is 12.2. The molecule has 0 radical (unpaired) electrons. The van der Waals surface area contributed by atoms with E-state index in [9.17, 15) is 9.59 Å². The van der Waals surface area contributed by atoms with Crippen molar-refractivity contribution in [3.8, 4) is 11.5 Å². The molecule has 6 heteroatoms. The molecule has 0 bridgehead atoms. The molecule has 1 heterocycles. The van der Waals surface area contributed by atoms with E-state index in [4.69, 9.17) is 14.6 Å². The lowest BCUT2D eigenvalue weighted by Crippen LogP contribution is -2.45. The van der Waals surface area contributed by atoms with E-state index in [0.717, 1.165) is 11.6 Å². The fourth-order valence-electron chi connectivity index (χ4n) is 2.50. The average Bonchev–Trinajstić information content (AvgIpc) is 2.60. The second-order valence-electron chi connectivity index (χ2n) is 6.41. The zero-order valence-electron chi connectivity index (χ0n) is 14.5. The lowest BCUT2D eigenvalue weighted by Gasteiger charge is -2.32. The molecule has 2 N–H and O–H groups in total. The summed E-state index contributed by atoms with van der Waals surface area (Å²) in [4.78, 5) is 22.9. The molecular formula is C20H19NO5. The third kappa shape index (κ3) is 3.85. The minimum absolute atomic E-state index is 0.279. The fraction of sp³-hybridized carbons (Fsp3) is 0.200. The zero-order chi connectivity index (χ0) is 18.7. The second kappa shape index (κ2) is 6.92. The van der Waals surface area contributed by atoms with Crippen LogP contribution in [0, 0.1) is 0 Å². The Labute approximate surface area is 151 Å². The molecule has 3 rings (SSSR count). The molecule has 0 spiro atoms. The first-order valence-electron chi connectivity index (χ1n) is 8.11. The maximum Gasteiger partial charge on any atom is 0.328 e. The fourth-order valence-corrected chi connectivity index (χ4v) is 2.50. The number of fused-ring (bicyclic) bond motifs is 1. The van der Waals surface area contributed by atoms with E-state index in [2.05, 4.69) is 5.32 Å². The summed E-state index contributed by atoms with van der Waals surface area (Å²) in [5.74, 6) is -0.475. The average molecular weight is 353 g/mol. The van der Waals surface area contributed by atoms with E-state index in [1.165, 1.54) is 6.08 Å². The van der Waals surface area contributed by atoms with Gasteiger partial charge in [-0.2, -0.15) is 0 Å². The van der Waals surface area contributed by atoms with Crippen LogP contribution >= 0.6 is 0 Å². The lowest BCUT2D eigenvalue weighted by molar-refractivity contribution is -0.131. The van der Waals surface area contributed by atoms with Crippen LogP contribution in [-0.4, -0.2) is 22.6 Å². The molecule has 2 aromatic rings. The number of hydrogen-bond acceptors (Lipinski definition) is 4. The molecule has 1 aliphatic heterocycles. The zero-order valence-corrected chi connectivity index (χ0v) is 14.5. The van der Waals surface area contributed by atoms with Crippen molar-refractivity contribution in [3.05, 3.63) is 59.7 Å². The molecule has 6 nitrogen and oxygen atoms in total. The van der Waals surface area contributed by atoms with Gasteiger partial charge in [-0.25, -0.2) is 4.79 Å². The first-order valence-corrected chi connectivity index (χ1v) is 8.11. The quantitative estimate of drug-likeness (QED) is 0.804. The van der Waals surface area contributed by atoms with Gasteiger partial charge in [0.05, 0.1) is 5.69 Å². The van der Waals surface area contributed by atoms with Crippen LogP contribution in [-0.2, 0) is 16.2 Å². The van der Waals surface area contributed by atoms with Crippen molar-refractivity contribution in [1.29, 1.82) is 0 Å². The minimum atomic E-state index is -1.06. The highest BCUT2D eigenvalue weighted by Crippen LogP contribution is 2.43. The third-order valence-electron chi connectivity index (χ3n) is 3.88. The highest BCUT2D eigenvalue weighted by molar-refractivity contribution is 6.01. The van der Waals surface area contributed by atoms with Gasteiger partial charge >= 0.3 is 5.97 Å². The number of anilines is 1. The smallest absolute Gasteiger partial charge is 0.328 e. The molecule has 0 aliphatic carbocycles. The van der Waals surface area contributed by atoms with Crippen LogP contribution in [0.1, 0.15) is 25.0 Å². The molecule has 26 heavy (non-hydrogen) atoms. The summed E-state index contributed by atoms with van der Waals surface area (Å²) in [6.45, 7) is 3.66. The van der Waals surface area contributed by atoms with Gasteiger partial charge in [-0.05, 0) is 43.2 Å². The summed E-state index contributed by atoms with van der Waals surface area (Å²) < 4.78 is 11.8. The van der Waals surface area contributed by atoms with E-state index < -0.39 is 11.6 Å². The van der Waals surface area contributed by atoms with Crippen molar-refractivity contribution in [3.63, 3.8) is 0 Å².